The van der Waals surface area contributed by atoms with Crippen LogP contribution in [0.2, 0.25) is 0 Å². The first-order valence-electron chi connectivity index (χ1n) is 10.9. The van der Waals surface area contributed by atoms with Crippen molar-refractivity contribution < 1.29 is 31.1 Å². The maximum atomic E-state index is 14.5. The average molecular weight is 454 g/mol. The summed E-state index contributed by atoms with van der Waals surface area (Å²) in [6.45, 7) is 2.00. The summed E-state index contributed by atoms with van der Waals surface area (Å²) in [7, 11) is 0. The molecule has 0 heterocycles. The minimum atomic E-state index is -4.98. The van der Waals surface area contributed by atoms with Crippen molar-refractivity contribution in [2.24, 2.45) is 11.8 Å². The number of halogens is 6. The summed E-state index contributed by atoms with van der Waals surface area (Å²) in [6.07, 6.45) is 2.53. The standard InChI is InChI=1S/C25H24F6O/c1-2-3-4-14-5-7-17-19(9-8-18-20(17)12-16(26)13-21(18)27)24(14)15-6-10-23(22(28)11-15)32-25(29,30)31/h3-4,6,10-14,17,19,24H,2,5,7-9H2,1H3/t14-,17-,19+,24-/m1/s1. The second kappa shape index (κ2) is 8.83. The minimum Gasteiger partial charge on any atom is -0.403 e. The lowest BCUT2D eigenvalue weighted by atomic mass is 9.58. The number of fused-ring (bicyclic) bond motifs is 3. The molecule has 0 amide bonds. The molecule has 2 aliphatic carbocycles. The molecule has 1 saturated carbocycles. The van der Waals surface area contributed by atoms with Gasteiger partial charge in [0.05, 0.1) is 0 Å². The zero-order valence-corrected chi connectivity index (χ0v) is 17.6. The number of rotatable bonds is 4. The van der Waals surface area contributed by atoms with Gasteiger partial charge in [-0.1, -0.05) is 25.1 Å². The van der Waals surface area contributed by atoms with Crippen molar-refractivity contribution in [1.29, 1.82) is 0 Å². The number of hydrogen-bond donors (Lipinski definition) is 0. The van der Waals surface area contributed by atoms with E-state index >= 15 is 0 Å². The highest BCUT2D eigenvalue weighted by atomic mass is 19.4. The van der Waals surface area contributed by atoms with Crippen LogP contribution in [0.4, 0.5) is 26.3 Å². The lowest BCUT2D eigenvalue weighted by Crippen LogP contribution is -2.35. The third-order valence-electron chi connectivity index (χ3n) is 6.76. The summed E-state index contributed by atoms with van der Waals surface area (Å²) in [5, 5.41) is 0. The first-order chi connectivity index (χ1) is 15.2. The maximum absolute atomic E-state index is 14.5. The van der Waals surface area contributed by atoms with E-state index in [1.165, 1.54) is 12.1 Å². The Morgan fingerprint density at radius 1 is 1.00 bits per heavy atom. The summed E-state index contributed by atoms with van der Waals surface area (Å²) in [4.78, 5) is 0. The molecule has 0 saturated heterocycles. The maximum Gasteiger partial charge on any atom is 0.573 e. The van der Waals surface area contributed by atoms with Gasteiger partial charge in [-0.3, -0.25) is 0 Å². The van der Waals surface area contributed by atoms with Crippen molar-refractivity contribution in [3.63, 3.8) is 0 Å². The number of alkyl halides is 3. The lowest BCUT2D eigenvalue weighted by Gasteiger charge is -2.46. The second-order valence-electron chi connectivity index (χ2n) is 8.61. The SMILES string of the molecule is CCC=C[C@@H]1CC[C@H]2c3cc(F)cc(F)c3CC[C@@H]2[C@H]1c1ccc(OC(F)(F)F)c(F)c1. The van der Waals surface area contributed by atoms with Gasteiger partial charge in [0.2, 0.25) is 0 Å². The van der Waals surface area contributed by atoms with Gasteiger partial charge in [0.1, 0.15) is 11.6 Å². The lowest BCUT2D eigenvalue weighted by molar-refractivity contribution is -0.275. The predicted molar refractivity (Wildman–Crippen MR) is 109 cm³/mol. The molecule has 1 fully saturated rings. The topological polar surface area (TPSA) is 9.23 Å². The van der Waals surface area contributed by atoms with Crippen LogP contribution in [0.5, 0.6) is 5.75 Å². The van der Waals surface area contributed by atoms with Gasteiger partial charge in [-0.15, -0.1) is 13.2 Å². The van der Waals surface area contributed by atoms with E-state index in [1.54, 1.807) is 0 Å². The van der Waals surface area contributed by atoms with E-state index in [-0.39, 0.29) is 23.7 Å². The number of hydrogen-bond acceptors (Lipinski definition) is 1. The third kappa shape index (κ3) is 4.52. The van der Waals surface area contributed by atoms with Crippen molar-refractivity contribution in [3.05, 3.63) is 76.6 Å². The second-order valence-corrected chi connectivity index (χ2v) is 8.61. The van der Waals surface area contributed by atoms with Crippen LogP contribution in [-0.2, 0) is 6.42 Å². The molecule has 0 radical (unpaired) electrons. The zero-order valence-electron chi connectivity index (χ0n) is 17.6. The van der Waals surface area contributed by atoms with Gasteiger partial charge in [0.25, 0.3) is 0 Å². The molecular weight excluding hydrogens is 430 g/mol. The fourth-order valence-corrected chi connectivity index (χ4v) is 5.58. The first kappa shape index (κ1) is 22.7. The van der Waals surface area contributed by atoms with Crippen LogP contribution in [0, 0.1) is 29.3 Å². The monoisotopic (exact) mass is 454 g/mol. The van der Waals surface area contributed by atoms with E-state index in [0.717, 1.165) is 37.5 Å². The highest BCUT2D eigenvalue weighted by Gasteiger charge is 2.43. The average Bonchev–Trinajstić information content (AvgIpc) is 2.72. The van der Waals surface area contributed by atoms with Crippen molar-refractivity contribution in [2.75, 3.05) is 0 Å². The largest absolute Gasteiger partial charge is 0.573 e. The van der Waals surface area contributed by atoms with Gasteiger partial charge in [-0.2, -0.15) is 0 Å². The van der Waals surface area contributed by atoms with E-state index in [0.29, 0.717) is 29.5 Å². The van der Waals surface area contributed by atoms with Crippen molar-refractivity contribution in [2.45, 2.75) is 57.2 Å². The number of benzene rings is 2. The Morgan fingerprint density at radius 3 is 2.47 bits per heavy atom. The van der Waals surface area contributed by atoms with E-state index in [4.69, 9.17) is 0 Å². The van der Waals surface area contributed by atoms with Crippen LogP contribution >= 0.6 is 0 Å². The summed E-state index contributed by atoms with van der Waals surface area (Å²) < 4.78 is 84.3. The van der Waals surface area contributed by atoms with E-state index in [9.17, 15) is 26.3 Å². The minimum absolute atomic E-state index is 0.00209. The normalized spacial score (nSPS) is 25.5. The van der Waals surface area contributed by atoms with Crippen LogP contribution < -0.4 is 4.74 Å². The summed E-state index contributed by atoms with van der Waals surface area (Å²) in [6, 6.07) is 5.91. The molecule has 172 valence electrons. The Hall–Kier alpha value is -2.44. The first-order valence-corrected chi connectivity index (χ1v) is 10.9. The predicted octanol–water partition coefficient (Wildman–Crippen LogP) is 7.81. The van der Waals surface area contributed by atoms with Crippen molar-refractivity contribution >= 4 is 0 Å². The molecule has 0 aliphatic heterocycles. The molecule has 7 heteroatoms. The fraction of sp³-hybridized carbons (Fsp3) is 0.440. The molecule has 2 aliphatic rings. The molecular formula is C25H24F6O. The van der Waals surface area contributed by atoms with Crippen molar-refractivity contribution in [1.82, 2.24) is 0 Å². The van der Waals surface area contributed by atoms with Crippen LogP contribution in [0.25, 0.3) is 0 Å². The molecule has 32 heavy (non-hydrogen) atoms. The smallest absolute Gasteiger partial charge is 0.403 e. The molecule has 0 spiro atoms. The summed E-state index contributed by atoms with van der Waals surface area (Å²) >= 11 is 0. The van der Waals surface area contributed by atoms with Gasteiger partial charge in [0.15, 0.2) is 11.6 Å². The Kier molecular flexibility index (Phi) is 6.28. The molecule has 0 aromatic heterocycles. The molecule has 0 bridgehead atoms. The Morgan fingerprint density at radius 2 is 1.78 bits per heavy atom. The Bertz CT molecular complexity index is 1010. The van der Waals surface area contributed by atoms with Gasteiger partial charge < -0.3 is 4.74 Å². The zero-order chi connectivity index (χ0) is 23.0. The molecule has 1 nitrogen and oxygen atoms in total. The van der Waals surface area contributed by atoms with Crippen LogP contribution in [0.1, 0.15) is 61.1 Å². The molecule has 2 aromatic carbocycles. The van der Waals surface area contributed by atoms with Crippen LogP contribution in [-0.4, -0.2) is 6.36 Å². The fourth-order valence-electron chi connectivity index (χ4n) is 5.58. The molecule has 0 N–H and O–H groups in total. The van der Waals surface area contributed by atoms with E-state index in [2.05, 4.69) is 10.8 Å². The van der Waals surface area contributed by atoms with Crippen LogP contribution in [0.15, 0.2) is 42.5 Å². The highest BCUT2D eigenvalue weighted by molar-refractivity contribution is 5.39. The van der Waals surface area contributed by atoms with Crippen molar-refractivity contribution in [3.8, 4) is 5.75 Å². The molecule has 4 atom stereocenters. The van der Waals surface area contributed by atoms with Gasteiger partial charge >= 0.3 is 6.36 Å². The quantitative estimate of drug-likeness (QED) is 0.338. The van der Waals surface area contributed by atoms with Crippen LogP contribution in [0.3, 0.4) is 0 Å². The number of ether oxygens (including phenoxy) is 1. The third-order valence-corrected chi connectivity index (χ3v) is 6.76. The summed E-state index contributed by atoms with van der Waals surface area (Å²) in [5.74, 6) is -3.31. The molecule has 0 unspecified atom stereocenters. The molecule has 4 rings (SSSR count). The Labute approximate surface area is 183 Å². The van der Waals surface area contributed by atoms with E-state index < -0.39 is 29.6 Å². The molecule has 2 aromatic rings. The summed E-state index contributed by atoms with van der Waals surface area (Å²) in [5.41, 5.74) is 1.78. The van der Waals surface area contributed by atoms with Gasteiger partial charge in [0, 0.05) is 6.07 Å². The van der Waals surface area contributed by atoms with E-state index in [1.807, 2.05) is 13.0 Å². The Balaban J connectivity index is 1.73. The van der Waals surface area contributed by atoms with Gasteiger partial charge in [-0.05, 0) is 90.7 Å². The number of allylic oxidation sites excluding steroid dienone is 2. The highest BCUT2D eigenvalue weighted by Crippen LogP contribution is 2.54. The van der Waals surface area contributed by atoms with Gasteiger partial charge in [-0.25, -0.2) is 13.2 Å².